The maximum Gasteiger partial charge on any atom is 0 e. The summed E-state index contributed by atoms with van der Waals surface area (Å²) in [6.45, 7) is 0. The van der Waals surface area contributed by atoms with Crippen LogP contribution < -0.4 is 0 Å². The van der Waals surface area contributed by atoms with Crippen LogP contribution in [0, 0.1) is 41.7 Å². The van der Waals surface area contributed by atoms with Gasteiger partial charge < -0.3 is 0 Å². The van der Waals surface area contributed by atoms with Crippen LogP contribution in [0.1, 0.15) is 0 Å². The molecule has 0 unspecified atom stereocenters. The molecule has 0 fully saturated rings. The Morgan fingerprint density at radius 1 is 1.00 bits per heavy atom. The monoisotopic (exact) mass is 423 g/mol. The normalized spacial score (nSPS) is 0. The van der Waals surface area contributed by atoms with Crippen LogP contribution in [0.5, 0.6) is 0 Å². The first kappa shape index (κ1) is 37.3. The first-order valence-corrected chi connectivity index (χ1v) is 0. The van der Waals surface area contributed by atoms with Crippen molar-refractivity contribution in [1.82, 2.24) is 0 Å². The molecular weight excluding hydrogens is 425 g/mol. The van der Waals surface area contributed by atoms with Gasteiger partial charge in [-0.05, 0) is 0 Å². The van der Waals surface area contributed by atoms with Gasteiger partial charge in [0.15, 0.2) is 0 Å². The summed E-state index contributed by atoms with van der Waals surface area (Å²) < 4.78 is 0. The Labute approximate surface area is 116 Å². The number of hydrogen-bond acceptors (Lipinski definition) is 0. The summed E-state index contributed by atoms with van der Waals surface area (Å²) in [5.41, 5.74) is 0. The average molecular weight is 425 g/mol. The van der Waals surface area contributed by atoms with Crippen LogP contribution in [0.15, 0.2) is 0 Å². The summed E-state index contributed by atoms with van der Waals surface area (Å²) in [5, 5.41) is 0. The average Bonchev–Trinajstić information content (AvgIpc) is 0. The maximum absolute atomic E-state index is 0. The maximum atomic E-state index is 0. The summed E-state index contributed by atoms with van der Waals surface area (Å²) in [4.78, 5) is 0. The molecule has 5 heavy (non-hydrogen) atoms. The third-order valence-corrected chi connectivity index (χ3v) is 0. The van der Waals surface area contributed by atoms with Crippen molar-refractivity contribution in [2.45, 2.75) is 0 Å². The van der Waals surface area contributed by atoms with E-state index in [9.17, 15) is 0 Å². The second kappa shape index (κ2) is 25.1. The summed E-state index contributed by atoms with van der Waals surface area (Å²) in [6, 6.07) is 0. The van der Waals surface area contributed by atoms with Crippen LogP contribution >= 0.6 is 17.0 Å². The molecule has 0 heterocycles. The zero-order valence-electron chi connectivity index (χ0n) is 2.09. The van der Waals surface area contributed by atoms with Gasteiger partial charge in [-0.2, -0.15) is 0 Å². The molecule has 0 aliphatic heterocycles. The molecule has 0 bridgehead atoms. The molecule has 0 aromatic heterocycles. The molecule has 0 saturated heterocycles. The van der Waals surface area contributed by atoms with Gasteiger partial charge in [0.05, 0.1) is 0 Å². The Balaban J connectivity index is 0. The fourth-order valence-corrected chi connectivity index (χ4v) is 0. The minimum Gasteiger partial charge on any atom is 0 e. The van der Waals surface area contributed by atoms with E-state index in [0.29, 0.717) is 0 Å². The Bertz CT molecular complexity index is 11.6. The minimum absolute atomic E-state index is 0. The number of halogens is 1. The van der Waals surface area contributed by atoms with E-state index in [1.54, 1.807) is 0 Å². The summed E-state index contributed by atoms with van der Waals surface area (Å²) >= 11 is 0. The molecule has 3 radical (unpaired) electrons. The second-order valence-electron chi connectivity index (χ2n) is 0. The number of hydrogen-bond donors (Lipinski definition) is 0. The van der Waals surface area contributed by atoms with Crippen LogP contribution in [-0.4, -0.2) is 0 Å². The van der Waals surface area contributed by atoms with Crippen molar-refractivity contribution in [2.75, 3.05) is 0 Å². The fourth-order valence-electron chi connectivity index (χ4n) is 0. The van der Waals surface area contributed by atoms with Gasteiger partial charge in [-0.1, -0.05) is 0 Å². The molecule has 0 spiro atoms. The molecule has 31 valence electrons. The van der Waals surface area contributed by atoms with E-state index in [2.05, 4.69) is 0 Å². The van der Waals surface area contributed by atoms with Crippen molar-refractivity contribution in [3.63, 3.8) is 0 Å². The van der Waals surface area contributed by atoms with Crippen molar-refractivity contribution in [1.29, 1.82) is 0 Å². The van der Waals surface area contributed by atoms with E-state index >= 15 is 0 Å². The van der Waals surface area contributed by atoms with Gasteiger partial charge in [0.2, 0.25) is 0 Å². The molecule has 0 N–H and O–H groups in total. The van der Waals surface area contributed by atoms with Crippen molar-refractivity contribution in [3.8, 4) is 0 Å². The van der Waals surface area contributed by atoms with Gasteiger partial charge in [-0.25, -0.2) is 0 Å². The topological polar surface area (TPSA) is 0 Å². The molecule has 0 atom stereocenters. The molecule has 0 aromatic rings. The predicted octanol–water partition coefficient (Wildman–Crippen LogP) is 0.838. The summed E-state index contributed by atoms with van der Waals surface area (Å²) in [5.74, 6) is 0. The minimum atomic E-state index is 0. The molecular formula is BrCeCoMnZr. The summed E-state index contributed by atoms with van der Waals surface area (Å²) in [7, 11) is 0. The summed E-state index contributed by atoms with van der Waals surface area (Å²) in [6.07, 6.45) is 0. The van der Waals surface area contributed by atoms with E-state index in [4.69, 9.17) is 0 Å². The van der Waals surface area contributed by atoms with E-state index in [-0.39, 0.29) is 119 Å². The second-order valence-corrected chi connectivity index (χ2v) is 0. The van der Waals surface area contributed by atoms with Crippen molar-refractivity contribution < 1.29 is 102 Å². The SMILES string of the molecule is [Br].[Ce].[Co].[Mn].[Zr]. The molecule has 0 saturated carbocycles. The standard InChI is InChI=1S/Br.Ce.Co.Mn.Zr. The van der Waals surface area contributed by atoms with Gasteiger partial charge >= 0.3 is 0 Å². The van der Waals surface area contributed by atoms with Crippen molar-refractivity contribution in [3.05, 3.63) is 0 Å². The Morgan fingerprint density at radius 2 is 1.00 bits per heavy atom. The third-order valence-electron chi connectivity index (χ3n) is 0. The van der Waals surface area contributed by atoms with Crippen LogP contribution in [-0.2, 0) is 60.1 Å². The Morgan fingerprint density at radius 3 is 1.00 bits per heavy atom. The van der Waals surface area contributed by atoms with Gasteiger partial charge in [-0.3, -0.25) is 0 Å². The molecule has 0 nitrogen and oxygen atoms in total. The molecule has 0 amide bonds. The van der Waals surface area contributed by atoms with Gasteiger partial charge in [0.25, 0.3) is 0 Å². The van der Waals surface area contributed by atoms with E-state index in [1.807, 2.05) is 0 Å². The van der Waals surface area contributed by atoms with E-state index in [1.165, 1.54) is 0 Å². The van der Waals surface area contributed by atoms with Crippen LogP contribution in [0.25, 0.3) is 0 Å². The van der Waals surface area contributed by atoms with Crippen molar-refractivity contribution >= 4 is 17.0 Å². The smallest absolute Gasteiger partial charge is 0 e. The Hall–Kier alpha value is 3.77. The largest absolute Gasteiger partial charge is 0 e. The first-order chi connectivity index (χ1) is 0. The van der Waals surface area contributed by atoms with Crippen LogP contribution in [0.2, 0.25) is 0 Å². The van der Waals surface area contributed by atoms with Gasteiger partial charge in [0.1, 0.15) is 0 Å². The molecule has 0 aromatic carbocycles. The van der Waals surface area contributed by atoms with E-state index < -0.39 is 0 Å². The zero-order chi connectivity index (χ0) is 0. The molecule has 0 aliphatic rings. The molecule has 5 heteroatoms. The fraction of sp³-hybridized carbons (Fsp3) is 0. The van der Waals surface area contributed by atoms with Crippen molar-refractivity contribution in [2.24, 2.45) is 0 Å². The third kappa shape index (κ3) is 18.2. The molecule has 0 rings (SSSR count). The molecule has 0 aliphatic carbocycles. The van der Waals surface area contributed by atoms with Gasteiger partial charge in [-0.15, -0.1) is 0 Å². The van der Waals surface area contributed by atoms with Crippen LogP contribution in [0.4, 0.5) is 0 Å². The first-order valence-electron chi connectivity index (χ1n) is 0. The van der Waals surface area contributed by atoms with Gasteiger partial charge in [0, 0.05) is 119 Å². The zero-order valence-corrected chi connectivity index (χ0v) is 11.5. The quantitative estimate of drug-likeness (QED) is 0.505. The predicted molar refractivity (Wildman–Crippen MR) is 8.93 cm³/mol. The van der Waals surface area contributed by atoms with Crippen LogP contribution in [0.3, 0.4) is 0 Å². The van der Waals surface area contributed by atoms with E-state index in [0.717, 1.165) is 0 Å². The Kier molecular flexibility index (Phi) is 187. The number of rotatable bonds is 0.